The van der Waals surface area contributed by atoms with E-state index in [9.17, 15) is 4.79 Å². The summed E-state index contributed by atoms with van der Waals surface area (Å²) in [7, 11) is 0. The molecular weight excluding hydrogens is 400 g/mol. The average molecular weight is 424 g/mol. The predicted octanol–water partition coefficient (Wildman–Crippen LogP) is 6.09. The molecule has 0 atom stereocenters. The van der Waals surface area contributed by atoms with Gasteiger partial charge in [-0.1, -0.05) is 97.1 Å². The summed E-state index contributed by atoms with van der Waals surface area (Å²) >= 11 is 0. The third kappa shape index (κ3) is 5.49. The highest BCUT2D eigenvalue weighted by atomic mass is 16.9. The Bertz CT molecular complexity index is 1050. The van der Waals surface area contributed by atoms with E-state index < -0.39 is 11.9 Å². The number of esters is 1. The molecule has 4 aromatic rings. The van der Waals surface area contributed by atoms with Crippen molar-refractivity contribution in [2.45, 2.75) is 19.2 Å². The van der Waals surface area contributed by atoms with Crippen LogP contribution < -0.4 is 0 Å². The molecule has 0 fully saturated rings. The van der Waals surface area contributed by atoms with Crippen LogP contribution in [0.1, 0.15) is 27.0 Å². The fourth-order valence-electron chi connectivity index (χ4n) is 3.23. The van der Waals surface area contributed by atoms with Gasteiger partial charge in [0, 0.05) is 0 Å². The zero-order chi connectivity index (χ0) is 22.1. The smallest absolute Gasteiger partial charge is 0.359 e. The van der Waals surface area contributed by atoms with Crippen molar-refractivity contribution in [1.29, 1.82) is 0 Å². The lowest BCUT2D eigenvalue weighted by molar-refractivity contribution is -0.378. The highest BCUT2D eigenvalue weighted by Gasteiger charge is 2.40. The molecule has 0 aliphatic heterocycles. The van der Waals surface area contributed by atoms with Gasteiger partial charge >= 0.3 is 11.9 Å². The van der Waals surface area contributed by atoms with Gasteiger partial charge in [-0.3, -0.25) is 0 Å². The van der Waals surface area contributed by atoms with Gasteiger partial charge in [0.15, 0.2) is 0 Å². The van der Waals surface area contributed by atoms with Crippen LogP contribution in [0.15, 0.2) is 121 Å². The number of rotatable bonds is 9. The Kier molecular flexibility index (Phi) is 7.08. The van der Waals surface area contributed by atoms with E-state index >= 15 is 0 Å². The minimum Gasteiger partial charge on any atom is -0.400 e. The largest absolute Gasteiger partial charge is 0.400 e. The van der Waals surface area contributed by atoms with Crippen molar-refractivity contribution >= 4 is 5.97 Å². The molecule has 4 rings (SSSR count). The first-order valence-electron chi connectivity index (χ1n) is 10.4. The van der Waals surface area contributed by atoms with Gasteiger partial charge in [0.1, 0.15) is 0 Å². The highest BCUT2D eigenvalue weighted by molar-refractivity contribution is 5.89. The summed E-state index contributed by atoms with van der Waals surface area (Å²) < 4.78 is 18.5. The van der Waals surface area contributed by atoms with Gasteiger partial charge in [0.2, 0.25) is 0 Å². The van der Waals surface area contributed by atoms with Crippen molar-refractivity contribution in [3.8, 4) is 0 Å². The van der Waals surface area contributed by atoms with E-state index in [1.165, 1.54) is 0 Å². The van der Waals surface area contributed by atoms with Crippen LogP contribution in [0.3, 0.4) is 0 Å². The van der Waals surface area contributed by atoms with Gasteiger partial charge in [0.05, 0.1) is 24.3 Å². The summed E-state index contributed by atoms with van der Waals surface area (Å²) in [6.45, 7) is 0.402. The van der Waals surface area contributed by atoms with Crippen LogP contribution in [-0.2, 0) is 33.4 Å². The first-order valence-corrected chi connectivity index (χ1v) is 10.4. The van der Waals surface area contributed by atoms with E-state index in [1.807, 2.05) is 97.1 Å². The molecule has 0 saturated heterocycles. The van der Waals surface area contributed by atoms with Crippen molar-refractivity contribution in [2.24, 2.45) is 0 Å². The van der Waals surface area contributed by atoms with Crippen LogP contribution in [0.25, 0.3) is 0 Å². The van der Waals surface area contributed by atoms with Crippen LogP contribution in [-0.4, -0.2) is 5.97 Å². The Balaban J connectivity index is 1.68. The number of ether oxygens (including phenoxy) is 3. The lowest BCUT2D eigenvalue weighted by Gasteiger charge is -2.33. The van der Waals surface area contributed by atoms with Gasteiger partial charge in [0.25, 0.3) is 0 Å². The Morgan fingerprint density at radius 2 is 0.969 bits per heavy atom. The summed E-state index contributed by atoms with van der Waals surface area (Å²) in [4.78, 5) is 13.1. The molecule has 4 nitrogen and oxygen atoms in total. The summed E-state index contributed by atoms with van der Waals surface area (Å²) in [6, 6.07) is 37.5. The normalized spacial score (nSPS) is 11.1. The molecule has 0 radical (unpaired) electrons. The zero-order valence-electron chi connectivity index (χ0n) is 17.6. The van der Waals surface area contributed by atoms with Gasteiger partial charge in [-0.25, -0.2) is 4.79 Å². The third-order valence-corrected chi connectivity index (χ3v) is 4.91. The topological polar surface area (TPSA) is 44.8 Å². The summed E-state index contributed by atoms with van der Waals surface area (Å²) in [5, 5.41) is 0. The van der Waals surface area contributed by atoms with Crippen molar-refractivity contribution < 1.29 is 19.0 Å². The number of benzene rings is 4. The van der Waals surface area contributed by atoms with Crippen LogP contribution >= 0.6 is 0 Å². The first kappa shape index (κ1) is 21.5. The SMILES string of the molecule is O=C(OC(OCc1ccccc1)(OCc1ccccc1)c1ccccc1)c1ccccc1. The summed E-state index contributed by atoms with van der Waals surface area (Å²) in [6.07, 6.45) is 0. The second-order valence-corrected chi connectivity index (χ2v) is 7.23. The molecule has 32 heavy (non-hydrogen) atoms. The van der Waals surface area contributed by atoms with Crippen LogP contribution in [0.2, 0.25) is 0 Å². The average Bonchev–Trinajstić information content (AvgIpc) is 2.88. The molecule has 0 spiro atoms. The molecule has 0 bridgehead atoms. The highest BCUT2D eigenvalue weighted by Crippen LogP contribution is 2.33. The monoisotopic (exact) mass is 424 g/mol. The van der Waals surface area contributed by atoms with Gasteiger partial charge in [-0.15, -0.1) is 0 Å². The molecule has 4 heteroatoms. The minimum absolute atomic E-state index is 0.201. The Morgan fingerprint density at radius 3 is 1.44 bits per heavy atom. The Morgan fingerprint density at radius 1 is 0.562 bits per heavy atom. The van der Waals surface area contributed by atoms with Crippen LogP contribution in [0.4, 0.5) is 0 Å². The predicted molar refractivity (Wildman–Crippen MR) is 122 cm³/mol. The summed E-state index contributed by atoms with van der Waals surface area (Å²) in [5.74, 6) is -2.25. The molecule has 0 N–H and O–H groups in total. The van der Waals surface area contributed by atoms with E-state index in [1.54, 1.807) is 24.3 Å². The Labute approximate surface area is 188 Å². The fourth-order valence-corrected chi connectivity index (χ4v) is 3.23. The van der Waals surface area contributed by atoms with E-state index in [4.69, 9.17) is 14.2 Å². The minimum atomic E-state index is -1.72. The third-order valence-electron chi connectivity index (χ3n) is 4.91. The lowest BCUT2D eigenvalue weighted by Crippen LogP contribution is -2.38. The molecule has 0 saturated carbocycles. The van der Waals surface area contributed by atoms with Crippen LogP contribution in [0.5, 0.6) is 0 Å². The van der Waals surface area contributed by atoms with Gasteiger partial charge in [-0.2, -0.15) is 0 Å². The first-order chi connectivity index (χ1) is 15.8. The van der Waals surface area contributed by atoms with E-state index in [-0.39, 0.29) is 13.2 Å². The molecule has 4 aromatic carbocycles. The van der Waals surface area contributed by atoms with E-state index in [0.717, 1.165) is 11.1 Å². The number of hydrogen-bond donors (Lipinski definition) is 0. The Hall–Kier alpha value is -3.73. The van der Waals surface area contributed by atoms with Gasteiger partial charge in [-0.05, 0) is 35.4 Å². The second-order valence-electron chi connectivity index (χ2n) is 7.23. The molecule has 0 unspecified atom stereocenters. The summed E-state index contributed by atoms with van der Waals surface area (Å²) in [5.41, 5.74) is 2.88. The number of hydrogen-bond acceptors (Lipinski definition) is 4. The fraction of sp³-hybridized carbons (Fsp3) is 0.107. The van der Waals surface area contributed by atoms with Crippen molar-refractivity contribution in [3.63, 3.8) is 0 Å². The molecule has 160 valence electrons. The van der Waals surface area contributed by atoms with Crippen LogP contribution in [0, 0.1) is 0 Å². The van der Waals surface area contributed by atoms with E-state index in [0.29, 0.717) is 11.1 Å². The standard InChI is InChI=1S/C28H24O4/c29-27(25-17-9-3-10-18-25)32-28(26-19-11-4-12-20-26,30-21-23-13-5-1-6-14-23)31-22-24-15-7-2-8-16-24/h1-20H,21-22H2. The number of carbonyl (C=O) groups is 1. The van der Waals surface area contributed by atoms with Crippen molar-refractivity contribution in [3.05, 3.63) is 144 Å². The lowest BCUT2D eigenvalue weighted by atomic mass is 10.1. The van der Waals surface area contributed by atoms with Crippen molar-refractivity contribution in [1.82, 2.24) is 0 Å². The van der Waals surface area contributed by atoms with Gasteiger partial charge < -0.3 is 14.2 Å². The second kappa shape index (κ2) is 10.5. The molecule has 0 heterocycles. The molecule has 0 aromatic heterocycles. The molecule has 0 amide bonds. The maximum atomic E-state index is 13.1. The molecule has 0 aliphatic rings. The van der Waals surface area contributed by atoms with Crippen molar-refractivity contribution in [2.75, 3.05) is 0 Å². The molecular formula is C28H24O4. The maximum Gasteiger partial charge on any atom is 0.359 e. The maximum absolute atomic E-state index is 13.1. The molecule has 0 aliphatic carbocycles. The zero-order valence-corrected chi connectivity index (χ0v) is 17.6. The quantitative estimate of drug-likeness (QED) is 0.241. The number of carbonyl (C=O) groups excluding carboxylic acids is 1. The van der Waals surface area contributed by atoms with E-state index in [2.05, 4.69) is 0 Å².